The standard InChI is InChI=1S/C6H6Cl2N2O/c1-10-5(3-7)9-4(8)2-6(10)11/h2H,3H2,1H3. The van der Waals surface area contributed by atoms with Crippen LogP contribution in [0.25, 0.3) is 0 Å². The van der Waals surface area contributed by atoms with Gasteiger partial charge in [0.1, 0.15) is 11.0 Å². The van der Waals surface area contributed by atoms with Gasteiger partial charge in [-0.2, -0.15) is 0 Å². The first-order chi connectivity index (χ1) is 5.15. The maximum atomic E-state index is 11.0. The van der Waals surface area contributed by atoms with Gasteiger partial charge in [0.05, 0.1) is 5.88 Å². The first-order valence-electron chi connectivity index (χ1n) is 2.93. The van der Waals surface area contributed by atoms with Crippen LogP contribution in [0.15, 0.2) is 10.9 Å². The third-order valence-corrected chi connectivity index (χ3v) is 1.75. The zero-order valence-electron chi connectivity index (χ0n) is 5.84. The van der Waals surface area contributed by atoms with Crippen LogP contribution < -0.4 is 5.56 Å². The fraction of sp³-hybridized carbons (Fsp3) is 0.333. The van der Waals surface area contributed by atoms with Crippen molar-refractivity contribution in [1.29, 1.82) is 0 Å². The summed E-state index contributed by atoms with van der Waals surface area (Å²) in [6.07, 6.45) is 0. The zero-order chi connectivity index (χ0) is 8.43. The Morgan fingerprint density at radius 1 is 1.73 bits per heavy atom. The summed E-state index contributed by atoms with van der Waals surface area (Å²) in [7, 11) is 1.60. The van der Waals surface area contributed by atoms with Crippen molar-refractivity contribution in [1.82, 2.24) is 9.55 Å². The van der Waals surface area contributed by atoms with Gasteiger partial charge in [0, 0.05) is 13.1 Å². The second-order valence-electron chi connectivity index (χ2n) is 2.03. The Kier molecular flexibility index (Phi) is 2.52. The van der Waals surface area contributed by atoms with Crippen LogP contribution in [0.4, 0.5) is 0 Å². The molecule has 1 heterocycles. The van der Waals surface area contributed by atoms with Crippen molar-refractivity contribution in [3.05, 3.63) is 27.4 Å². The monoisotopic (exact) mass is 192 g/mol. The molecule has 1 aromatic heterocycles. The molecular formula is C6H6Cl2N2O. The summed E-state index contributed by atoms with van der Waals surface area (Å²) in [5, 5.41) is 0.184. The second kappa shape index (κ2) is 3.24. The highest BCUT2D eigenvalue weighted by Crippen LogP contribution is 2.02. The van der Waals surface area contributed by atoms with Gasteiger partial charge in [-0.1, -0.05) is 11.6 Å². The van der Waals surface area contributed by atoms with E-state index < -0.39 is 0 Å². The van der Waals surface area contributed by atoms with Crippen molar-refractivity contribution < 1.29 is 0 Å². The molecule has 0 radical (unpaired) electrons. The van der Waals surface area contributed by atoms with E-state index in [2.05, 4.69) is 4.98 Å². The van der Waals surface area contributed by atoms with E-state index in [0.29, 0.717) is 5.82 Å². The smallest absolute Gasteiger partial charge is 0.254 e. The topological polar surface area (TPSA) is 34.9 Å². The van der Waals surface area contributed by atoms with E-state index in [-0.39, 0.29) is 16.6 Å². The lowest BCUT2D eigenvalue weighted by Gasteiger charge is -2.02. The van der Waals surface area contributed by atoms with E-state index >= 15 is 0 Å². The van der Waals surface area contributed by atoms with Crippen molar-refractivity contribution in [3.63, 3.8) is 0 Å². The molecule has 0 atom stereocenters. The number of hydrogen-bond acceptors (Lipinski definition) is 2. The quantitative estimate of drug-likeness (QED) is 0.495. The Hall–Kier alpha value is -0.540. The largest absolute Gasteiger partial charge is 0.299 e. The van der Waals surface area contributed by atoms with Gasteiger partial charge in [-0.3, -0.25) is 9.36 Å². The van der Waals surface area contributed by atoms with Crippen molar-refractivity contribution in [2.75, 3.05) is 0 Å². The first kappa shape index (κ1) is 8.56. The van der Waals surface area contributed by atoms with E-state index in [0.717, 1.165) is 0 Å². The summed E-state index contributed by atoms with van der Waals surface area (Å²) in [5.74, 6) is 0.663. The Morgan fingerprint density at radius 2 is 2.36 bits per heavy atom. The second-order valence-corrected chi connectivity index (χ2v) is 2.68. The number of hydrogen-bond donors (Lipinski definition) is 0. The summed E-state index contributed by atoms with van der Waals surface area (Å²) in [5.41, 5.74) is -0.194. The molecule has 0 saturated heterocycles. The van der Waals surface area contributed by atoms with Crippen LogP contribution in [0.1, 0.15) is 5.82 Å². The van der Waals surface area contributed by atoms with Gasteiger partial charge in [-0.05, 0) is 0 Å². The molecule has 11 heavy (non-hydrogen) atoms. The normalized spacial score (nSPS) is 10.1. The summed E-state index contributed by atoms with van der Waals surface area (Å²) in [6.45, 7) is 0. The molecule has 0 amide bonds. The first-order valence-corrected chi connectivity index (χ1v) is 3.85. The predicted octanol–water partition coefficient (Wildman–Crippen LogP) is 1.17. The van der Waals surface area contributed by atoms with E-state index in [1.165, 1.54) is 10.6 Å². The van der Waals surface area contributed by atoms with E-state index in [4.69, 9.17) is 23.2 Å². The molecule has 0 aliphatic rings. The molecule has 0 aliphatic carbocycles. The third kappa shape index (κ3) is 1.73. The van der Waals surface area contributed by atoms with Gasteiger partial charge in [-0.25, -0.2) is 4.98 Å². The molecule has 60 valence electrons. The molecule has 1 rings (SSSR count). The van der Waals surface area contributed by atoms with Crippen molar-refractivity contribution in [2.45, 2.75) is 5.88 Å². The Morgan fingerprint density at radius 3 is 2.91 bits per heavy atom. The summed E-state index contributed by atoms with van der Waals surface area (Å²) >= 11 is 11.0. The molecular weight excluding hydrogens is 187 g/mol. The van der Waals surface area contributed by atoms with Gasteiger partial charge in [0.25, 0.3) is 5.56 Å². The molecule has 0 bridgehead atoms. The number of rotatable bonds is 1. The minimum absolute atomic E-state index is 0.184. The van der Waals surface area contributed by atoms with Crippen molar-refractivity contribution >= 4 is 23.2 Å². The highest BCUT2D eigenvalue weighted by molar-refractivity contribution is 6.29. The molecule has 0 N–H and O–H groups in total. The van der Waals surface area contributed by atoms with E-state index in [9.17, 15) is 4.79 Å². The molecule has 0 spiro atoms. The summed E-state index contributed by atoms with van der Waals surface area (Å²) in [6, 6.07) is 1.25. The average molecular weight is 193 g/mol. The lowest BCUT2D eigenvalue weighted by molar-refractivity contribution is 0.766. The molecule has 0 fully saturated rings. The van der Waals surface area contributed by atoms with Gasteiger partial charge in [-0.15, -0.1) is 11.6 Å². The number of halogens is 2. The maximum absolute atomic E-state index is 11.0. The minimum Gasteiger partial charge on any atom is -0.299 e. The number of nitrogens with zero attached hydrogens (tertiary/aromatic N) is 2. The van der Waals surface area contributed by atoms with Crippen LogP contribution in [0, 0.1) is 0 Å². The fourth-order valence-corrected chi connectivity index (χ4v) is 1.11. The highest BCUT2D eigenvalue weighted by atomic mass is 35.5. The molecule has 5 heteroatoms. The molecule has 0 saturated carbocycles. The Balaban J connectivity index is 3.36. The van der Waals surface area contributed by atoms with Crippen LogP contribution in [-0.2, 0) is 12.9 Å². The van der Waals surface area contributed by atoms with Gasteiger partial charge >= 0.3 is 0 Å². The summed E-state index contributed by atoms with van der Waals surface area (Å²) in [4.78, 5) is 14.8. The number of alkyl halides is 1. The van der Waals surface area contributed by atoms with Gasteiger partial charge in [0.2, 0.25) is 0 Å². The van der Waals surface area contributed by atoms with Crippen molar-refractivity contribution in [2.24, 2.45) is 7.05 Å². The predicted molar refractivity (Wildman–Crippen MR) is 44.0 cm³/mol. The Bertz CT molecular complexity index is 321. The van der Waals surface area contributed by atoms with E-state index in [1.54, 1.807) is 7.05 Å². The average Bonchev–Trinajstić information content (AvgIpc) is 1.96. The SMILES string of the molecule is Cn1c(CCl)nc(Cl)cc1=O. The minimum atomic E-state index is -0.194. The lowest BCUT2D eigenvalue weighted by Crippen LogP contribution is -2.20. The fourth-order valence-electron chi connectivity index (χ4n) is 0.676. The van der Waals surface area contributed by atoms with Gasteiger partial charge < -0.3 is 0 Å². The molecule has 3 nitrogen and oxygen atoms in total. The van der Waals surface area contributed by atoms with Crippen LogP contribution in [0.3, 0.4) is 0 Å². The maximum Gasteiger partial charge on any atom is 0.254 e. The zero-order valence-corrected chi connectivity index (χ0v) is 7.35. The third-order valence-electron chi connectivity index (χ3n) is 1.32. The van der Waals surface area contributed by atoms with E-state index in [1.807, 2.05) is 0 Å². The lowest BCUT2D eigenvalue weighted by atomic mass is 10.5. The summed E-state index contributed by atoms with van der Waals surface area (Å²) < 4.78 is 1.36. The Labute approximate surface area is 73.6 Å². The van der Waals surface area contributed by atoms with Crippen molar-refractivity contribution in [3.8, 4) is 0 Å². The van der Waals surface area contributed by atoms with Gasteiger partial charge in [0.15, 0.2) is 0 Å². The molecule has 0 unspecified atom stereocenters. The number of aromatic nitrogens is 2. The molecule has 1 aromatic rings. The van der Waals surface area contributed by atoms with Crippen LogP contribution in [-0.4, -0.2) is 9.55 Å². The molecule has 0 aliphatic heterocycles. The van der Waals surface area contributed by atoms with Crippen LogP contribution >= 0.6 is 23.2 Å². The van der Waals surface area contributed by atoms with Crippen LogP contribution in [0.5, 0.6) is 0 Å². The highest BCUT2D eigenvalue weighted by Gasteiger charge is 2.01. The van der Waals surface area contributed by atoms with Crippen LogP contribution in [0.2, 0.25) is 5.15 Å². The molecule has 0 aromatic carbocycles.